The molecule has 1 N–H and O–H groups in total. The molecule has 29 heavy (non-hydrogen) atoms. The fourth-order valence-corrected chi connectivity index (χ4v) is 4.71. The Morgan fingerprint density at radius 3 is 2.48 bits per heavy atom. The zero-order valence-electron chi connectivity index (χ0n) is 16.0. The van der Waals surface area contributed by atoms with Crippen molar-refractivity contribution in [1.29, 1.82) is 0 Å². The molecule has 5 nitrogen and oxygen atoms in total. The Morgan fingerprint density at radius 2 is 1.72 bits per heavy atom. The van der Waals surface area contributed by atoms with Crippen molar-refractivity contribution in [2.75, 3.05) is 18.0 Å². The molecule has 0 aliphatic carbocycles. The normalized spacial score (nSPS) is 15.1. The lowest BCUT2D eigenvalue weighted by Crippen LogP contribution is -2.34. The van der Waals surface area contributed by atoms with E-state index in [0.29, 0.717) is 6.47 Å². The van der Waals surface area contributed by atoms with Crippen molar-refractivity contribution in [2.24, 2.45) is 0 Å². The molecule has 3 aromatic rings. The third kappa shape index (κ3) is 2.85. The van der Waals surface area contributed by atoms with E-state index in [0.717, 1.165) is 66.4 Å². The minimum Gasteiger partial charge on any atom is -0.507 e. The van der Waals surface area contributed by atoms with Crippen molar-refractivity contribution in [3.05, 3.63) is 64.7 Å². The van der Waals surface area contributed by atoms with Crippen LogP contribution in [0.1, 0.15) is 39.9 Å². The van der Waals surface area contributed by atoms with Crippen LogP contribution in [-0.2, 0) is 17.6 Å². The van der Waals surface area contributed by atoms with Gasteiger partial charge in [-0.05, 0) is 60.2 Å². The summed E-state index contributed by atoms with van der Waals surface area (Å²) in [5.74, 6) is -0.0616. The first kappa shape index (κ1) is 17.7. The van der Waals surface area contributed by atoms with Crippen molar-refractivity contribution in [1.82, 2.24) is 0 Å². The largest absolute Gasteiger partial charge is 0.507 e. The molecule has 3 aromatic carbocycles. The molecule has 146 valence electrons. The summed E-state index contributed by atoms with van der Waals surface area (Å²) in [6.45, 7) is 2.32. The minimum absolute atomic E-state index is 0.0607. The number of ether oxygens (including phenoxy) is 1. The van der Waals surface area contributed by atoms with E-state index in [4.69, 9.17) is 4.74 Å². The number of rotatable bonds is 4. The highest BCUT2D eigenvalue weighted by molar-refractivity contribution is 6.15. The number of carbonyl (C=O) groups is 2. The SMILES string of the molecule is O=COc1cc2ccccc2cc1C(=O)c1cc2c3c(c1O)CCCN3CCC2. The Bertz CT molecular complexity index is 1150. The number of hydrogen-bond acceptors (Lipinski definition) is 5. The van der Waals surface area contributed by atoms with Gasteiger partial charge in [0.15, 0.2) is 0 Å². The van der Waals surface area contributed by atoms with Crippen molar-refractivity contribution >= 4 is 28.7 Å². The van der Waals surface area contributed by atoms with Gasteiger partial charge >= 0.3 is 0 Å². The average molecular weight is 387 g/mol. The van der Waals surface area contributed by atoms with E-state index in [9.17, 15) is 14.7 Å². The van der Waals surface area contributed by atoms with Crippen LogP contribution in [0, 0.1) is 0 Å². The van der Waals surface area contributed by atoms with Crippen LogP contribution in [0.2, 0.25) is 0 Å². The molecule has 0 radical (unpaired) electrons. The summed E-state index contributed by atoms with van der Waals surface area (Å²) in [6.07, 6.45) is 3.67. The molecule has 0 fully saturated rings. The number of fused-ring (bicyclic) bond motifs is 1. The van der Waals surface area contributed by atoms with Gasteiger partial charge < -0.3 is 14.7 Å². The lowest BCUT2D eigenvalue weighted by atomic mass is 9.87. The monoisotopic (exact) mass is 387 g/mol. The Kier molecular flexibility index (Phi) is 4.23. The summed E-state index contributed by atoms with van der Waals surface area (Å²) >= 11 is 0. The number of ketones is 1. The van der Waals surface area contributed by atoms with E-state index in [1.165, 1.54) is 0 Å². The lowest BCUT2D eigenvalue weighted by molar-refractivity contribution is -0.120. The lowest BCUT2D eigenvalue weighted by Gasteiger charge is -2.37. The van der Waals surface area contributed by atoms with Crippen molar-refractivity contribution in [3.63, 3.8) is 0 Å². The number of benzene rings is 3. The fourth-order valence-electron chi connectivity index (χ4n) is 4.71. The smallest absolute Gasteiger partial charge is 0.298 e. The van der Waals surface area contributed by atoms with Crippen molar-refractivity contribution in [2.45, 2.75) is 25.7 Å². The average Bonchev–Trinajstić information content (AvgIpc) is 2.75. The van der Waals surface area contributed by atoms with Crippen LogP contribution in [0.5, 0.6) is 11.5 Å². The fraction of sp³-hybridized carbons (Fsp3) is 0.250. The summed E-state index contributed by atoms with van der Waals surface area (Å²) in [6, 6.07) is 12.8. The molecular weight excluding hydrogens is 366 g/mol. The Balaban J connectivity index is 1.68. The zero-order valence-corrected chi connectivity index (χ0v) is 16.0. The number of anilines is 1. The molecular formula is C24H21NO4. The number of phenolic OH excluding ortho intramolecular Hbond substituents is 1. The number of nitrogens with zero attached hydrogens (tertiary/aromatic N) is 1. The number of aromatic hydroxyl groups is 1. The third-order valence-electron chi connectivity index (χ3n) is 6.01. The first-order valence-electron chi connectivity index (χ1n) is 9.98. The van der Waals surface area contributed by atoms with Crippen LogP contribution in [0.3, 0.4) is 0 Å². The van der Waals surface area contributed by atoms with E-state index in [-0.39, 0.29) is 28.4 Å². The molecule has 0 unspecified atom stereocenters. The van der Waals surface area contributed by atoms with Gasteiger partial charge in [0.2, 0.25) is 5.78 Å². The number of phenols is 1. The molecule has 5 heteroatoms. The number of hydrogen-bond donors (Lipinski definition) is 1. The maximum absolute atomic E-state index is 13.5. The predicted octanol–water partition coefficient (Wildman–Crippen LogP) is 4.01. The molecule has 2 heterocycles. The van der Waals surface area contributed by atoms with Crippen molar-refractivity contribution < 1.29 is 19.4 Å². The van der Waals surface area contributed by atoms with Gasteiger partial charge in [-0.2, -0.15) is 0 Å². The highest BCUT2D eigenvalue weighted by atomic mass is 16.5. The van der Waals surface area contributed by atoms with E-state index in [2.05, 4.69) is 4.90 Å². The van der Waals surface area contributed by atoms with E-state index >= 15 is 0 Å². The van der Waals surface area contributed by atoms with E-state index in [1.807, 2.05) is 30.3 Å². The van der Waals surface area contributed by atoms with Gasteiger partial charge in [0, 0.05) is 24.3 Å². The molecule has 0 saturated carbocycles. The molecule has 0 saturated heterocycles. The summed E-state index contributed by atoms with van der Waals surface area (Å²) in [5, 5.41) is 12.8. The Morgan fingerprint density at radius 1 is 1.00 bits per heavy atom. The van der Waals surface area contributed by atoms with Gasteiger partial charge in [-0.1, -0.05) is 24.3 Å². The maximum Gasteiger partial charge on any atom is 0.298 e. The molecule has 0 spiro atoms. The van der Waals surface area contributed by atoms with Crippen LogP contribution in [-0.4, -0.2) is 30.5 Å². The minimum atomic E-state index is -0.327. The molecule has 0 atom stereocenters. The predicted molar refractivity (Wildman–Crippen MR) is 111 cm³/mol. The first-order valence-corrected chi connectivity index (χ1v) is 9.98. The summed E-state index contributed by atoms with van der Waals surface area (Å²) in [7, 11) is 0. The quantitative estimate of drug-likeness (QED) is 0.541. The second kappa shape index (κ2) is 6.92. The van der Waals surface area contributed by atoms with Gasteiger partial charge in [-0.3, -0.25) is 9.59 Å². The van der Waals surface area contributed by atoms with Crippen LogP contribution >= 0.6 is 0 Å². The van der Waals surface area contributed by atoms with Gasteiger partial charge in [0.25, 0.3) is 6.47 Å². The molecule has 0 amide bonds. The van der Waals surface area contributed by atoms with Crippen LogP contribution in [0.25, 0.3) is 10.8 Å². The second-order valence-corrected chi connectivity index (χ2v) is 7.69. The van der Waals surface area contributed by atoms with Crippen molar-refractivity contribution in [3.8, 4) is 11.5 Å². The van der Waals surface area contributed by atoms with Crippen LogP contribution in [0.4, 0.5) is 5.69 Å². The van der Waals surface area contributed by atoms with E-state index < -0.39 is 0 Å². The first-order chi connectivity index (χ1) is 14.2. The zero-order chi connectivity index (χ0) is 20.0. The number of aryl methyl sites for hydroxylation is 1. The molecule has 0 aromatic heterocycles. The summed E-state index contributed by atoms with van der Waals surface area (Å²) in [4.78, 5) is 26.8. The maximum atomic E-state index is 13.5. The summed E-state index contributed by atoms with van der Waals surface area (Å²) in [5.41, 5.74) is 3.66. The van der Waals surface area contributed by atoms with Crippen LogP contribution in [0.15, 0.2) is 42.5 Å². The summed E-state index contributed by atoms with van der Waals surface area (Å²) < 4.78 is 5.13. The van der Waals surface area contributed by atoms with Gasteiger partial charge in [0.05, 0.1) is 11.1 Å². The standard InChI is InChI=1S/C24H21NO4/c26-14-29-21-13-16-6-2-1-5-15(16)11-19(21)24(28)20-12-17-7-3-9-25-10-4-8-18(22(17)25)23(20)27/h1-2,5-6,11-14,27H,3-4,7-10H2. The molecule has 2 aliphatic heterocycles. The van der Waals surface area contributed by atoms with Gasteiger partial charge in [-0.15, -0.1) is 0 Å². The third-order valence-corrected chi connectivity index (χ3v) is 6.01. The number of carbonyl (C=O) groups excluding carboxylic acids is 2. The molecule has 2 aliphatic rings. The highest BCUT2D eigenvalue weighted by Crippen LogP contribution is 2.43. The second-order valence-electron chi connectivity index (χ2n) is 7.69. The molecule has 5 rings (SSSR count). The van der Waals surface area contributed by atoms with Crippen LogP contribution < -0.4 is 9.64 Å². The molecule has 0 bridgehead atoms. The van der Waals surface area contributed by atoms with Gasteiger partial charge in [0.1, 0.15) is 11.5 Å². The topological polar surface area (TPSA) is 66.8 Å². The Labute approximate surface area is 168 Å². The highest BCUT2D eigenvalue weighted by Gasteiger charge is 2.30. The Hall–Kier alpha value is -3.34. The van der Waals surface area contributed by atoms with E-state index in [1.54, 1.807) is 12.1 Å². The van der Waals surface area contributed by atoms with Gasteiger partial charge in [-0.25, -0.2) is 0 Å².